The van der Waals surface area contributed by atoms with E-state index in [0.717, 1.165) is 5.06 Å². The number of nitrogens with zero attached hydrogens (tertiary/aromatic N) is 1. The summed E-state index contributed by atoms with van der Waals surface area (Å²) in [7, 11) is 0. The van der Waals surface area contributed by atoms with Gasteiger partial charge in [-0.2, -0.15) is 0 Å². The second kappa shape index (κ2) is 6.55. The predicted octanol–water partition coefficient (Wildman–Crippen LogP) is 3.41. The van der Waals surface area contributed by atoms with E-state index in [1.165, 1.54) is 0 Å². The first-order chi connectivity index (χ1) is 10.3. The van der Waals surface area contributed by atoms with Gasteiger partial charge in [0.2, 0.25) is 0 Å². The number of rotatable bonds is 2. The molecule has 1 heterocycles. The van der Waals surface area contributed by atoms with Gasteiger partial charge in [0.25, 0.3) is 11.8 Å². The summed E-state index contributed by atoms with van der Waals surface area (Å²) in [5, 5.41) is 0.778. The smallest absolute Gasteiger partial charge is 0.295 e. The first kappa shape index (κ1) is 14.6. The van der Waals surface area contributed by atoms with Crippen molar-refractivity contribution in [2.45, 2.75) is 13.8 Å². The lowest BCUT2D eigenvalue weighted by Crippen LogP contribution is -2.29. The monoisotopic (exact) mass is 281 g/mol. The van der Waals surface area contributed by atoms with Crippen LogP contribution in [0.4, 0.5) is 0 Å². The Balaban J connectivity index is 0.000000774. The molecule has 1 aromatic rings. The normalized spacial score (nSPS) is 15.1. The molecule has 1 aliphatic carbocycles. The summed E-state index contributed by atoms with van der Waals surface area (Å²) in [5.41, 5.74) is 3.58. The molecule has 3 rings (SSSR count). The molecule has 4 heteroatoms. The van der Waals surface area contributed by atoms with E-state index >= 15 is 0 Å². The molecule has 0 unspecified atom stereocenters. The molecule has 1 aromatic carbocycles. The van der Waals surface area contributed by atoms with E-state index in [0.29, 0.717) is 16.9 Å². The van der Waals surface area contributed by atoms with Crippen molar-refractivity contribution in [3.63, 3.8) is 0 Å². The van der Waals surface area contributed by atoms with Crippen LogP contribution in [0.25, 0.3) is 0 Å². The van der Waals surface area contributed by atoms with E-state index in [1.54, 1.807) is 54.6 Å². The maximum Gasteiger partial charge on any atom is 0.295 e. The Bertz CT molecular complexity index is 657. The Hall–Kier alpha value is -2.84. The number of carbonyl (C=O) groups excluding carboxylic acids is 2. The zero-order valence-electron chi connectivity index (χ0n) is 11.9. The molecule has 2 aliphatic rings. The molecule has 0 bridgehead atoms. The van der Waals surface area contributed by atoms with Crippen LogP contribution in [0.3, 0.4) is 0 Å². The highest BCUT2D eigenvalue weighted by Crippen LogP contribution is 2.24. The Morgan fingerprint density at radius 3 is 2.24 bits per heavy atom. The van der Waals surface area contributed by atoms with Gasteiger partial charge in [-0.1, -0.05) is 37.1 Å². The quantitative estimate of drug-likeness (QED) is 0.616. The number of benzene rings is 1. The van der Waals surface area contributed by atoms with Crippen molar-refractivity contribution in [1.29, 1.82) is 0 Å². The van der Waals surface area contributed by atoms with Gasteiger partial charge in [0.1, 0.15) is 0 Å². The number of carbonyl (C=O) groups is 2. The zero-order valence-corrected chi connectivity index (χ0v) is 11.9. The van der Waals surface area contributed by atoms with E-state index in [1.807, 2.05) is 13.8 Å². The average molecular weight is 281 g/mol. The van der Waals surface area contributed by atoms with Crippen molar-refractivity contribution < 1.29 is 14.4 Å². The molecule has 21 heavy (non-hydrogen) atoms. The maximum absolute atomic E-state index is 12.1. The lowest BCUT2D eigenvalue weighted by atomic mass is 10.1. The van der Waals surface area contributed by atoms with Crippen molar-refractivity contribution in [3.05, 3.63) is 77.3 Å². The largest absolute Gasteiger partial charge is 0.368 e. The number of amides is 2. The van der Waals surface area contributed by atoms with Gasteiger partial charge in [-0.25, -0.2) is 0 Å². The third-order valence-corrected chi connectivity index (χ3v) is 2.75. The molecule has 0 radical (unpaired) electrons. The van der Waals surface area contributed by atoms with Gasteiger partial charge < -0.3 is 4.84 Å². The minimum Gasteiger partial charge on any atom is -0.368 e. The second-order valence-electron chi connectivity index (χ2n) is 3.97. The molecule has 0 saturated heterocycles. The van der Waals surface area contributed by atoms with Crippen molar-refractivity contribution in [2.75, 3.05) is 0 Å². The van der Waals surface area contributed by atoms with Gasteiger partial charge in [-0.15, -0.1) is 5.73 Å². The summed E-state index contributed by atoms with van der Waals surface area (Å²) in [6.45, 7) is 4.00. The first-order valence-electron chi connectivity index (χ1n) is 6.72. The topological polar surface area (TPSA) is 46.6 Å². The second-order valence-corrected chi connectivity index (χ2v) is 3.97. The molecule has 0 spiro atoms. The summed E-state index contributed by atoms with van der Waals surface area (Å²) in [6, 6.07) is 6.64. The molecular weight excluding hydrogens is 266 g/mol. The number of allylic oxidation sites excluding steroid dienone is 4. The van der Waals surface area contributed by atoms with Gasteiger partial charge in [0.15, 0.2) is 5.76 Å². The highest BCUT2D eigenvalue weighted by atomic mass is 16.7. The third kappa shape index (κ3) is 2.86. The van der Waals surface area contributed by atoms with Crippen LogP contribution in [-0.4, -0.2) is 16.9 Å². The maximum atomic E-state index is 12.1. The Morgan fingerprint density at radius 1 is 1.00 bits per heavy atom. The van der Waals surface area contributed by atoms with Crippen molar-refractivity contribution >= 4 is 11.8 Å². The molecule has 0 aromatic heterocycles. The van der Waals surface area contributed by atoms with Crippen LogP contribution in [0.5, 0.6) is 0 Å². The highest BCUT2D eigenvalue weighted by molar-refractivity contribution is 6.20. The number of fused-ring (bicyclic) bond motifs is 1. The molecular formula is C17H15NO3. The molecule has 4 nitrogen and oxygen atoms in total. The van der Waals surface area contributed by atoms with E-state index in [9.17, 15) is 9.59 Å². The zero-order chi connectivity index (χ0) is 15.2. The number of hydrogen-bond donors (Lipinski definition) is 0. The standard InChI is InChI=1S/C15H9NO3.C2H6/c17-14-12-9-5-6-10-13(12)15(18)16(14)19-11-7-3-1-2-4-8-11;1-2/h1,3-10H;1-2H3. The van der Waals surface area contributed by atoms with Gasteiger partial charge in [0.05, 0.1) is 11.1 Å². The van der Waals surface area contributed by atoms with Gasteiger partial charge in [-0.3, -0.25) is 9.59 Å². The summed E-state index contributed by atoms with van der Waals surface area (Å²) >= 11 is 0. The number of hydroxylamine groups is 2. The lowest BCUT2D eigenvalue weighted by Gasteiger charge is -2.14. The SMILES string of the molecule is CC.O=C1c2ccccc2C(=O)N1OC1=CC=C=CC=C1. The van der Waals surface area contributed by atoms with Crippen LogP contribution in [-0.2, 0) is 4.84 Å². The van der Waals surface area contributed by atoms with E-state index < -0.39 is 11.8 Å². The Labute approximate surface area is 123 Å². The van der Waals surface area contributed by atoms with Gasteiger partial charge in [0, 0.05) is 0 Å². The highest BCUT2D eigenvalue weighted by Gasteiger charge is 2.37. The molecule has 0 saturated carbocycles. The summed E-state index contributed by atoms with van der Waals surface area (Å²) < 4.78 is 0. The molecule has 2 amide bonds. The van der Waals surface area contributed by atoms with E-state index in [4.69, 9.17) is 4.84 Å². The fraction of sp³-hybridized carbons (Fsp3) is 0.118. The van der Waals surface area contributed by atoms with Crippen molar-refractivity contribution in [2.24, 2.45) is 0 Å². The van der Waals surface area contributed by atoms with Crippen LogP contribution in [0, 0.1) is 0 Å². The summed E-state index contributed by atoms with van der Waals surface area (Å²) in [5.74, 6) is -0.497. The molecule has 0 atom stereocenters. The lowest BCUT2D eigenvalue weighted by molar-refractivity contribution is -0.0518. The van der Waals surface area contributed by atoms with Crippen molar-refractivity contribution in [3.8, 4) is 0 Å². The minimum atomic E-state index is -0.448. The fourth-order valence-electron chi connectivity index (χ4n) is 1.86. The summed E-state index contributed by atoms with van der Waals surface area (Å²) in [6.07, 6.45) is 8.35. The third-order valence-electron chi connectivity index (χ3n) is 2.75. The Kier molecular flexibility index (Phi) is 4.54. The van der Waals surface area contributed by atoms with Crippen LogP contribution in [0.1, 0.15) is 34.6 Å². The molecule has 1 aliphatic heterocycles. The number of hydrogen-bond acceptors (Lipinski definition) is 3. The summed E-state index contributed by atoms with van der Waals surface area (Å²) in [4.78, 5) is 29.5. The Morgan fingerprint density at radius 2 is 1.62 bits per heavy atom. The minimum absolute atomic E-state index is 0.361. The van der Waals surface area contributed by atoms with Crippen LogP contribution in [0.2, 0.25) is 0 Å². The predicted molar refractivity (Wildman–Crippen MR) is 79.3 cm³/mol. The van der Waals surface area contributed by atoms with Crippen LogP contribution < -0.4 is 0 Å². The number of imide groups is 1. The molecule has 106 valence electrons. The van der Waals surface area contributed by atoms with Gasteiger partial charge >= 0.3 is 0 Å². The molecule has 0 N–H and O–H groups in total. The average Bonchev–Trinajstić information content (AvgIpc) is 2.73. The van der Waals surface area contributed by atoms with E-state index in [2.05, 4.69) is 5.73 Å². The van der Waals surface area contributed by atoms with Crippen LogP contribution in [0.15, 0.2) is 66.1 Å². The first-order valence-corrected chi connectivity index (χ1v) is 6.72. The van der Waals surface area contributed by atoms with Crippen molar-refractivity contribution in [1.82, 2.24) is 5.06 Å². The van der Waals surface area contributed by atoms with Gasteiger partial charge in [-0.05, 0) is 36.4 Å². The van der Waals surface area contributed by atoms with E-state index in [-0.39, 0.29) is 0 Å². The fourth-order valence-corrected chi connectivity index (χ4v) is 1.86. The van der Waals surface area contributed by atoms with Crippen LogP contribution >= 0.6 is 0 Å². The molecule has 0 fully saturated rings.